The van der Waals surface area contributed by atoms with Crippen molar-refractivity contribution in [2.24, 2.45) is 0 Å². The third-order valence-electron chi connectivity index (χ3n) is 5.89. The zero-order valence-electron chi connectivity index (χ0n) is 23.3. The summed E-state index contributed by atoms with van der Waals surface area (Å²) < 4.78 is 28.3. The molecule has 0 spiro atoms. The Balaban J connectivity index is 1.70. The minimum atomic E-state index is -4.17. The van der Waals surface area contributed by atoms with E-state index in [1.54, 1.807) is 32.9 Å². The van der Waals surface area contributed by atoms with Gasteiger partial charge >= 0.3 is 0 Å². The van der Waals surface area contributed by atoms with E-state index in [0.29, 0.717) is 0 Å². The van der Waals surface area contributed by atoms with E-state index in [9.17, 15) is 22.8 Å². The summed E-state index contributed by atoms with van der Waals surface area (Å²) in [6.45, 7) is 8.68. The molecule has 11 heteroatoms. The molecule has 0 aliphatic rings. The monoisotopic (exact) mass is 568 g/mol. The topological polar surface area (TPSA) is 143 Å². The highest BCUT2D eigenvalue weighted by Crippen LogP contribution is 2.18. The van der Waals surface area contributed by atoms with Crippen LogP contribution in [0.3, 0.4) is 0 Å². The molecule has 0 fully saturated rings. The first-order valence-corrected chi connectivity index (χ1v) is 14.3. The Morgan fingerprint density at radius 1 is 0.900 bits per heavy atom. The Morgan fingerprint density at radius 3 is 2.23 bits per heavy atom. The number of nitrogens with one attached hydrogen (secondary N) is 4. The summed E-state index contributed by atoms with van der Waals surface area (Å²) in [6.07, 6.45) is -0.558. The fourth-order valence-corrected chi connectivity index (χ4v) is 4.95. The third-order valence-corrected chi connectivity index (χ3v) is 7.38. The molecule has 0 heterocycles. The number of hydroxylamine groups is 1. The van der Waals surface area contributed by atoms with Gasteiger partial charge in [-0.2, -0.15) is 4.72 Å². The van der Waals surface area contributed by atoms with Crippen molar-refractivity contribution in [3.05, 3.63) is 77.9 Å². The summed E-state index contributed by atoms with van der Waals surface area (Å²) in [5.41, 5.74) is 3.30. The molecule has 1 unspecified atom stereocenters. The maximum Gasteiger partial charge on any atom is 0.245 e. The standard InChI is InChI=1S/C29H36N4O6S/c1-19-13-15-23(16-14-19)40(37,38)33-25(17-26(34)32-39-29(3,4)5)28(36)31-20(2)27(35)30-18-22-11-8-10-21-9-6-7-12-24(21)22/h6-16,20,25,33H,17-18H2,1-5H3,(H,30,35)(H,31,36)(H,32,34)/t20-,25?/m0/s1. The van der Waals surface area contributed by atoms with Gasteiger partial charge in [-0.05, 0) is 63.1 Å². The van der Waals surface area contributed by atoms with Crippen LogP contribution in [0.1, 0.15) is 45.2 Å². The number of carbonyl (C=O) groups excluding carboxylic acids is 3. The number of rotatable bonds is 11. The predicted molar refractivity (Wildman–Crippen MR) is 152 cm³/mol. The summed E-state index contributed by atoms with van der Waals surface area (Å²) in [5.74, 6) is -2.02. The molecule has 40 heavy (non-hydrogen) atoms. The molecular formula is C29H36N4O6S. The number of benzene rings is 3. The number of amides is 3. The van der Waals surface area contributed by atoms with Crippen molar-refractivity contribution in [3.63, 3.8) is 0 Å². The Kier molecular flexibility index (Phi) is 10.0. The lowest BCUT2D eigenvalue weighted by molar-refractivity contribution is -0.147. The van der Waals surface area contributed by atoms with E-state index in [-0.39, 0.29) is 11.4 Å². The van der Waals surface area contributed by atoms with Gasteiger partial charge in [-0.25, -0.2) is 13.9 Å². The summed E-state index contributed by atoms with van der Waals surface area (Å²) in [6, 6.07) is 17.1. The molecular weight excluding hydrogens is 532 g/mol. The maximum atomic E-state index is 13.2. The van der Waals surface area contributed by atoms with Crippen molar-refractivity contribution in [1.82, 2.24) is 20.8 Å². The highest BCUT2D eigenvalue weighted by atomic mass is 32.2. The summed E-state index contributed by atoms with van der Waals surface area (Å²) in [5, 5.41) is 7.35. The number of hydrogen-bond donors (Lipinski definition) is 4. The van der Waals surface area contributed by atoms with Crippen LogP contribution in [-0.4, -0.2) is 43.8 Å². The van der Waals surface area contributed by atoms with Crippen LogP contribution in [0.4, 0.5) is 0 Å². The Bertz CT molecular complexity index is 1460. The second-order valence-electron chi connectivity index (χ2n) is 10.5. The van der Waals surface area contributed by atoms with Crippen LogP contribution in [0.15, 0.2) is 71.6 Å². The predicted octanol–water partition coefficient (Wildman–Crippen LogP) is 2.85. The second kappa shape index (κ2) is 13.0. The van der Waals surface area contributed by atoms with Crippen molar-refractivity contribution in [2.75, 3.05) is 0 Å². The molecule has 0 aliphatic heterocycles. The highest BCUT2D eigenvalue weighted by Gasteiger charge is 2.30. The van der Waals surface area contributed by atoms with E-state index in [1.807, 2.05) is 49.4 Å². The first-order chi connectivity index (χ1) is 18.7. The maximum absolute atomic E-state index is 13.2. The van der Waals surface area contributed by atoms with E-state index in [1.165, 1.54) is 19.1 Å². The van der Waals surface area contributed by atoms with E-state index in [0.717, 1.165) is 21.9 Å². The molecule has 214 valence electrons. The van der Waals surface area contributed by atoms with E-state index in [2.05, 4.69) is 20.8 Å². The first kappa shape index (κ1) is 30.7. The molecule has 3 amide bonds. The number of hydrogen-bond acceptors (Lipinski definition) is 6. The Hall–Kier alpha value is -3.80. The molecule has 0 aromatic heterocycles. The van der Waals surface area contributed by atoms with Gasteiger partial charge in [-0.3, -0.25) is 19.2 Å². The van der Waals surface area contributed by atoms with E-state index in [4.69, 9.17) is 4.84 Å². The van der Waals surface area contributed by atoms with Crippen molar-refractivity contribution in [2.45, 2.75) is 70.2 Å². The number of sulfonamides is 1. The van der Waals surface area contributed by atoms with Gasteiger partial charge in [0.2, 0.25) is 27.7 Å². The summed E-state index contributed by atoms with van der Waals surface area (Å²) >= 11 is 0. The van der Waals surface area contributed by atoms with Crippen LogP contribution in [0.2, 0.25) is 0 Å². The molecule has 4 N–H and O–H groups in total. The smallest absolute Gasteiger partial charge is 0.245 e. The van der Waals surface area contributed by atoms with Gasteiger partial charge in [0.1, 0.15) is 12.1 Å². The molecule has 3 rings (SSSR count). The highest BCUT2D eigenvalue weighted by molar-refractivity contribution is 7.89. The SMILES string of the molecule is Cc1ccc(S(=O)(=O)NC(CC(=O)NOC(C)(C)C)C(=O)N[C@@H](C)C(=O)NCc2cccc3ccccc23)cc1. The zero-order valence-corrected chi connectivity index (χ0v) is 24.1. The average Bonchev–Trinajstić information content (AvgIpc) is 2.89. The second-order valence-corrected chi connectivity index (χ2v) is 12.2. The third kappa shape index (κ3) is 8.87. The fourth-order valence-electron chi connectivity index (χ4n) is 3.76. The van der Waals surface area contributed by atoms with E-state index >= 15 is 0 Å². The molecule has 0 radical (unpaired) electrons. The number of aryl methyl sites for hydroxylation is 1. The lowest BCUT2D eigenvalue weighted by Crippen LogP contribution is -2.54. The average molecular weight is 569 g/mol. The summed E-state index contributed by atoms with van der Waals surface area (Å²) in [7, 11) is -4.17. The molecule has 0 bridgehead atoms. The van der Waals surface area contributed by atoms with Crippen LogP contribution in [0.25, 0.3) is 10.8 Å². The normalized spacial score (nSPS) is 13.3. The van der Waals surface area contributed by atoms with Gasteiger partial charge in [0.05, 0.1) is 16.9 Å². The van der Waals surface area contributed by atoms with Crippen LogP contribution in [0, 0.1) is 6.92 Å². The molecule has 0 saturated heterocycles. The zero-order chi connectivity index (χ0) is 29.5. The van der Waals surface area contributed by atoms with Crippen molar-refractivity contribution in [3.8, 4) is 0 Å². The largest absolute Gasteiger partial charge is 0.350 e. The van der Waals surface area contributed by atoms with Gasteiger partial charge in [0.15, 0.2) is 0 Å². The minimum absolute atomic E-state index is 0.0665. The number of carbonyl (C=O) groups is 3. The van der Waals surface area contributed by atoms with E-state index < -0.39 is 51.9 Å². The lowest BCUT2D eigenvalue weighted by Gasteiger charge is -2.23. The number of fused-ring (bicyclic) bond motifs is 1. The van der Waals surface area contributed by atoms with Gasteiger partial charge in [0.25, 0.3) is 0 Å². The first-order valence-electron chi connectivity index (χ1n) is 12.9. The van der Waals surface area contributed by atoms with Crippen LogP contribution < -0.4 is 20.8 Å². The van der Waals surface area contributed by atoms with Crippen molar-refractivity contribution >= 4 is 38.5 Å². The van der Waals surface area contributed by atoms with Crippen LogP contribution >= 0.6 is 0 Å². The molecule has 10 nitrogen and oxygen atoms in total. The van der Waals surface area contributed by atoms with Gasteiger partial charge in [-0.1, -0.05) is 60.2 Å². The summed E-state index contributed by atoms with van der Waals surface area (Å²) in [4.78, 5) is 43.7. The van der Waals surface area contributed by atoms with Crippen LogP contribution in [-0.2, 0) is 35.8 Å². The van der Waals surface area contributed by atoms with Crippen molar-refractivity contribution in [1.29, 1.82) is 0 Å². The molecule has 3 aromatic rings. The Labute approximate surface area is 234 Å². The van der Waals surface area contributed by atoms with Gasteiger partial charge in [-0.15, -0.1) is 0 Å². The molecule has 0 saturated carbocycles. The molecule has 3 aromatic carbocycles. The van der Waals surface area contributed by atoms with Gasteiger partial charge < -0.3 is 10.6 Å². The minimum Gasteiger partial charge on any atom is -0.350 e. The van der Waals surface area contributed by atoms with Crippen molar-refractivity contribution < 1.29 is 27.6 Å². The molecule has 2 atom stereocenters. The fraction of sp³-hybridized carbons (Fsp3) is 0.345. The quantitative estimate of drug-likeness (QED) is 0.262. The molecule has 0 aliphatic carbocycles. The van der Waals surface area contributed by atoms with Crippen LogP contribution in [0.5, 0.6) is 0 Å². The van der Waals surface area contributed by atoms with Gasteiger partial charge in [0, 0.05) is 6.54 Å². The Morgan fingerprint density at radius 2 is 1.55 bits per heavy atom. The lowest BCUT2D eigenvalue weighted by atomic mass is 10.0.